The van der Waals surface area contributed by atoms with Crippen LogP contribution in [-0.4, -0.2) is 46.2 Å². The summed E-state index contributed by atoms with van der Waals surface area (Å²) in [6, 6.07) is 11.2. The first-order valence-electron chi connectivity index (χ1n) is 14.0. The topological polar surface area (TPSA) is 87.7 Å². The summed E-state index contributed by atoms with van der Waals surface area (Å²) in [4.78, 5) is 42.8. The number of nitrogens with zero attached hydrogens (tertiary/aromatic N) is 1. The van der Waals surface area contributed by atoms with Crippen LogP contribution in [0.25, 0.3) is 0 Å². The minimum absolute atomic E-state index is 0.0461. The summed E-state index contributed by atoms with van der Waals surface area (Å²) in [7, 11) is 0. The maximum atomic E-state index is 14.3. The third-order valence-electron chi connectivity index (χ3n) is 6.71. The first kappa shape index (κ1) is 33.2. The van der Waals surface area contributed by atoms with Crippen molar-refractivity contribution in [3.05, 3.63) is 64.7 Å². The lowest BCUT2D eigenvalue weighted by Crippen LogP contribution is -2.55. The van der Waals surface area contributed by atoms with Gasteiger partial charge in [-0.2, -0.15) is 12.6 Å². The van der Waals surface area contributed by atoms with Gasteiger partial charge in [-0.15, -0.1) is 0 Å². The van der Waals surface area contributed by atoms with Crippen molar-refractivity contribution in [1.29, 1.82) is 0 Å². The van der Waals surface area contributed by atoms with Crippen LogP contribution in [0, 0.1) is 26.7 Å². The lowest BCUT2D eigenvalue weighted by Gasteiger charge is -2.39. The van der Waals surface area contributed by atoms with Crippen LogP contribution in [0.1, 0.15) is 82.7 Å². The molecule has 0 spiro atoms. The van der Waals surface area contributed by atoms with Gasteiger partial charge >= 0.3 is 6.09 Å². The van der Waals surface area contributed by atoms with Crippen molar-refractivity contribution < 1.29 is 19.1 Å². The van der Waals surface area contributed by atoms with Gasteiger partial charge in [0.1, 0.15) is 17.7 Å². The van der Waals surface area contributed by atoms with Crippen molar-refractivity contribution >= 4 is 36.2 Å². The lowest BCUT2D eigenvalue weighted by molar-refractivity contribution is -0.143. The maximum absolute atomic E-state index is 14.3. The van der Waals surface area contributed by atoms with Crippen LogP contribution < -0.4 is 10.6 Å². The minimum Gasteiger partial charge on any atom is -0.444 e. The molecular weight excluding hydrogens is 522 g/mol. The average Bonchev–Trinajstić information content (AvgIpc) is 2.84. The Morgan fingerprint density at radius 3 is 2.15 bits per heavy atom. The van der Waals surface area contributed by atoms with E-state index in [0.29, 0.717) is 18.0 Å². The van der Waals surface area contributed by atoms with Crippen molar-refractivity contribution in [2.45, 2.75) is 98.9 Å². The Balaban J connectivity index is 2.63. The number of ether oxygens (including phenoxy) is 1. The van der Waals surface area contributed by atoms with E-state index in [0.717, 1.165) is 28.7 Å². The van der Waals surface area contributed by atoms with Crippen LogP contribution >= 0.6 is 12.6 Å². The molecule has 2 aromatic carbocycles. The van der Waals surface area contributed by atoms with Gasteiger partial charge in [0.25, 0.3) is 5.91 Å². The Bertz CT molecular complexity index is 1170. The second-order valence-electron chi connectivity index (χ2n) is 12.0. The third kappa shape index (κ3) is 9.58. The molecule has 0 aliphatic carbocycles. The molecule has 7 nitrogen and oxygen atoms in total. The van der Waals surface area contributed by atoms with Gasteiger partial charge in [-0.3, -0.25) is 9.59 Å². The molecule has 40 heavy (non-hydrogen) atoms. The Hall–Kier alpha value is -3.00. The molecule has 3 atom stereocenters. The number of anilines is 1. The van der Waals surface area contributed by atoms with Crippen molar-refractivity contribution in [3.63, 3.8) is 0 Å². The predicted molar refractivity (Wildman–Crippen MR) is 166 cm³/mol. The highest BCUT2D eigenvalue weighted by atomic mass is 32.1. The first-order chi connectivity index (χ1) is 18.6. The summed E-state index contributed by atoms with van der Waals surface area (Å²) in [6.45, 7) is 17.4. The molecule has 3 amide bonds. The summed E-state index contributed by atoms with van der Waals surface area (Å²) in [5.41, 5.74) is 3.57. The summed E-state index contributed by atoms with van der Waals surface area (Å²) >= 11 is 4.41. The fourth-order valence-corrected chi connectivity index (χ4v) is 4.84. The Labute approximate surface area is 245 Å². The van der Waals surface area contributed by atoms with Crippen molar-refractivity contribution in [2.24, 2.45) is 5.92 Å². The number of hydrogen-bond donors (Lipinski definition) is 3. The van der Waals surface area contributed by atoms with Crippen molar-refractivity contribution in [3.8, 4) is 0 Å². The first-order valence-corrected chi connectivity index (χ1v) is 14.6. The Kier molecular flexibility index (Phi) is 12.1. The van der Waals surface area contributed by atoms with Crippen molar-refractivity contribution in [1.82, 2.24) is 10.2 Å². The molecule has 0 heterocycles. The smallest absolute Gasteiger partial charge is 0.408 e. The van der Waals surface area contributed by atoms with E-state index in [1.165, 1.54) is 0 Å². The fourth-order valence-electron chi connectivity index (χ4n) is 4.59. The highest BCUT2D eigenvalue weighted by molar-refractivity contribution is 7.80. The zero-order valence-electron chi connectivity index (χ0n) is 25.5. The molecule has 0 aliphatic heterocycles. The molecule has 0 fully saturated rings. The molecule has 2 aromatic rings. The summed E-state index contributed by atoms with van der Waals surface area (Å²) < 4.78 is 5.42. The van der Waals surface area contributed by atoms with Crippen LogP contribution in [0.3, 0.4) is 0 Å². The number of hydrogen-bond acceptors (Lipinski definition) is 5. The van der Waals surface area contributed by atoms with E-state index in [4.69, 9.17) is 4.74 Å². The van der Waals surface area contributed by atoms with Crippen LogP contribution in [0.5, 0.6) is 0 Å². The number of alkyl carbamates (subject to hydrolysis) is 1. The molecule has 0 radical (unpaired) electrons. The summed E-state index contributed by atoms with van der Waals surface area (Å²) in [6.07, 6.45) is 0.852. The second-order valence-corrected chi connectivity index (χ2v) is 12.4. The number of rotatable bonds is 11. The standard InChI is InChI=1S/C32H47N3O4S/c1-20(2)14-16-24(6)35(30(37)27(19-40)34-31(38)39-32(7,8)9)28(25-17-15-21(3)18-23(25)5)29(36)33-26-13-11-10-12-22(26)4/h10-13,15,17-18,20,24,27-28,40H,14,16,19H2,1-9H3,(H,33,36)(H,34,38). The number of benzene rings is 2. The largest absolute Gasteiger partial charge is 0.444 e. The molecule has 0 bridgehead atoms. The number of carbonyl (C=O) groups is 3. The van der Waals surface area contributed by atoms with E-state index < -0.39 is 23.8 Å². The highest BCUT2D eigenvalue weighted by Crippen LogP contribution is 2.31. The third-order valence-corrected chi connectivity index (χ3v) is 7.08. The van der Waals surface area contributed by atoms with Crippen LogP contribution in [0.2, 0.25) is 0 Å². The van der Waals surface area contributed by atoms with E-state index in [9.17, 15) is 14.4 Å². The van der Waals surface area contributed by atoms with Crippen LogP contribution in [0.4, 0.5) is 10.5 Å². The molecule has 2 N–H and O–H groups in total. The number of para-hydroxylation sites is 1. The molecule has 220 valence electrons. The molecule has 0 aliphatic rings. The van der Waals surface area contributed by atoms with Crippen molar-refractivity contribution in [2.75, 3.05) is 11.1 Å². The predicted octanol–water partition coefficient (Wildman–Crippen LogP) is 6.77. The summed E-state index contributed by atoms with van der Waals surface area (Å²) in [5, 5.41) is 5.76. The second kappa shape index (κ2) is 14.6. The molecule has 0 saturated heterocycles. The van der Waals surface area contributed by atoms with Gasteiger partial charge in [0, 0.05) is 17.5 Å². The highest BCUT2D eigenvalue weighted by Gasteiger charge is 2.39. The number of aryl methyl sites for hydroxylation is 3. The van der Waals surface area contributed by atoms with Crippen LogP contribution in [0.15, 0.2) is 42.5 Å². The van der Waals surface area contributed by atoms with E-state index in [1.807, 2.05) is 70.2 Å². The quantitative estimate of drug-likeness (QED) is 0.261. The van der Waals surface area contributed by atoms with Gasteiger partial charge in [-0.05, 0) is 90.0 Å². The van der Waals surface area contributed by atoms with Gasteiger partial charge in [0.2, 0.25) is 5.91 Å². The molecule has 3 unspecified atom stereocenters. The van der Waals surface area contributed by atoms with Gasteiger partial charge in [0.15, 0.2) is 0 Å². The molecule has 0 saturated carbocycles. The SMILES string of the molecule is Cc1ccc(C(C(=O)Nc2ccccc2C)N(C(=O)C(CS)NC(=O)OC(C)(C)C)C(C)CCC(C)C)c(C)c1. The van der Waals surface area contributed by atoms with E-state index in [2.05, 4.69) is 37.1 Å². The van der Waals surface area contributed by atoms with Gasteiger partial charge < -0.3 is 20.3 Å². The van der Waals surface area contributed by atoms with Gasteiger partial charge in [-0.25, -0.2) is 4.79 Å². The van der Waals surface area contributed by atoms with E-state index >= 15 is 0 Å². The van der Waals surface area contributed by atoms with Gasteiger partial charge in [-0.1, -0.05) is 55.8 Å². The zero-order chi connectivity index (χ0) is 30.2. The fraction of sp³-hybridized carbons (Fsp3) is 0.531. The number of amides is 3. The van der Waals surface area contributed by atoms with E-state index in [1.54, 1.807) is 25.7 Å². The molecule has 0 aromatic heterocycles. The Morgan fingerprint density at radius 1 is 0.950 bits per heavy atom. The van der Waals surface area contributed by atoms with Gasteiger partial charge in [0.05, 0.1) is 0 Å². The monoisotopic (exact) mass is 569 g/mol. The number of carbonyl (C=O) groups excluding carboxylic acids is 3. The van der Waals surface area contributed by atoms with Crippen LogP contribution in [-0.2, 0) is 14.3 Å². The normalized spacial score (nSPS) is 13.8. The number of thiol groups is 1. The Morgan fingerprint density at radius 2 is 1.60 bits per heavy atom. The lowest BCUT2D eigenvalue weighted by atomic mass is 9.93. The molecular formula is C32H47N3O4S. The molecule has 8 heteroatoms. The number of nitrogens with one attached hydrogen (secondary N) is 2. The average molecular weight is 570 g/mol. The van der Waals surface area contributed by atoms with E-state index in [-0.39, 0.29) is 23.6 Å². The zero-order valence-corrected chi connectivity index (χ0v) is 26.4. The minimum atomic E-state index is -0.987. The maximum Gasteiger partial charge on any atom is 0.408 e. The summed E-state index contributed by atoms with van der Waals surface area (Å²) in [5.74, 6) is -0.242. The molecule has 2 rings (SSSR count).